The number of carbonyl (C=O) groups excluding carboxylic acids is 2. The van der Waals surface area contributed by atoms with Crippen LogP contribution in [-0.4, -0.2) is 105 Å². The predicted octanol–water partition coefficient (Wildman–Crippen LogP) is -0.418. The molecular formula is C27H35NO12. The van der Waals surface area contributed by atoms with Gasteiger partial charge in [0.2, 0.25) is 12.2 Å². The molecule has 13 nitrogen and oxygen atoms in total. The van der Waals surface area contributed by atoms with Crippen molar-refractivity contribution in [2.75, 3.05) is 20.3 Å². The Balaban J connectivity index is 1.69. The number of amides is 1. The van der Waals surface area contributed by atoms with Gasteiger partial charge in [-0.05, 0) is 36.1 Å². The van der Waals surface area contributed by atoms with E-state index < -0.39 is 67.4 Å². The van der Waals surface area contributed by atoms with Gasteiger partial charge in [0.1, 0.15) is 24.4 Å². The summed E-state index contributed by atoms with van der Waals surface area (Å²) in [5.74, 6) is -3.06. The summed E-state index contributed by atoms with van der Waals surface area (Å²) < 4.78 is 22.0. The molecule has 1 fully saturated rings. The van der Waals surface area contributed by atoms with E-state index in [4.69, 9.17) is 18.9 Å². The fourth-order valence-corrected chi connectivity index (χ4v) is 5.63. The molecule has 0 unspecified atom stereocenters. The van der Waals surface area contributed by atoms with Crippen molar-refractivity contribution in [3.8, 4) is 11.5 Å². The van der Waals surface area contributed by atoms with E-state index in [1.54, 1.807) is 4.90 Å². The number of phenolic OH excluding ortho intramolecular Hbond substituents is 2. The number of esters is 1. The van der Waals surface area contributed by atoms with Gasteiger partial charge in [-0.3, -0.25) is 4.79 Å². The standard InChI is InChI=1S/C27H35NO12/c1-4-14-16(8-18-15-9-20(32)19(31)7-13(15)5-6-28(18)12(2)30)17(25(36)37-3)11-38-26(14)40-27-24(35)23(34)22(33)21(10-29)39-27/h4,7,9,11,14,16,18,21-24,26-27,29,31-35H,1,5-6,8,10H2,2-3H3/t14-,16-,18+,21-,22+,23+,24+,26-,27+/m0/s1. The summed E-state index contributed by atoms with van der Waals surface area (Å²) in [7, 11) is 1.21. The minimum Gasteiger partial charge on any atom is -0.504 e. The summed E-state index contributed by atoms with van der Waals surface area (Å²) in [5.41, 5.74) is 1.46. The zero-order chi connectivity index (χ0) is 29.3. The lowest BCUT2D eigenvalue weighted by Gasteiger charge is -2.44. The first kappa shape index (κ1) is 29.8. The van der Waals surface area contributed by atoms with Gasteiger partial charge < -0.3 is 54.5 Å². The van der Waals surface area contributed by atoms with Crippen LogP contribution in [0.3, 0.4) is 0 Å². The van der Waals surface area contributed by atoms with Crippen molar-refractivity contribution >= 4 is 11.9 Å². The summed E-state index contributed by atoms with van der Waals surface area (Å²) in [5, 5.41) is 60.5. The third-order valence-electron chi connectivity index (χ3n) is 7.79. The molecule has 3 aliphatic heterocycles. The van der Waals surface area contributed by atoms with Gasteiger partial charge in [0.05, 0.1) is 31.6 Å². The maximum Gasteiger partial charge on any atom is 0.337 e. The molecule has 1 aromatic rings. The second kappa shape index (κ2) is 12.1. The summed E-state index contributed by atoms with van der Waals surface area (Å²) in [6.45, 7) is 4.96. The number of nitrogens with zero attached hydrogens (tertiary/aromatic N) is 1. The van der Waals surface area contributed by atoms with Crippen molar-refractivity contribution in [3.63, 3.8) is 0 Å². The molecule has 40 heavy (non-hydrogen) atoms. The summed E-state index contributed by atoms with van der Waals surface area (Å²) >= 11 is 0. The van der Waals surface area contributed by atoms with Gasteiger partial charge in [-0.15, -0.1) is 6.58 Å². The Morgan fingerprint density at radius 1 is 1.12 bits per heavy atom. The van der Waals surface area contributed by atoms with Gasteiger partial charge in [-0.25, -0.2) is 4.79 Å². The Bertz CT molecular complexity index is 1150. The average Bonchev–Trinajstić information content (AvgIpc) is 2.93. The summed E-state index contributed by atoms with van der Waals surface area (Å²) in [4.78, 5) is 27.0. The van der Waals surface area contributed by atoms with Crippen LogP contribution in [0, 0.1) is 11.8 Å². The van der Waals surface area contributed by atoms with Crippen molar-refractivity contribution in [1.82, 2.24) is 4.90 Å². The number of ether oxygens (including phenoxy) is 4. The molecule has 0 saturated carbocycles. The first-order chi connectivity index (χ1) is 19.0. The third-order valence-corrected chi connectivity index (χ3v) is 7.79. The number of rotatable bonds is 7. The zero-order valence-corrected chi connectivity index (χ0v) is 22.1. The molecule has 3 aliphatic rings. The van der Waals surface area contributed by atoms with Gasteiger partial charge in [0.25, 0.3) is 0 Å². The van der Waals surface area contributed by atoms with Crippen LogP contribution in [0.15, 0.2) is 36.6 Å². The molecule has 0 aliphatic carbocycles. The molecule has 1 saturated heterocycles. The van der Waals surface area contributed by atoms with E-state index >= 15 is 0 Å². The molecule has 9 atom stereocenters. The first-order valence-corrected chi connectivity index (χ1v) is 12.9. The number of hydrogen-bond acceptors (Lipinski definition) is 12. The normalized spacial score (nSPS) is 33.8. The lowest BCUT2D eigenvalue weighted by Crippen LogP contribution is -2.60. The Hall–Kier alpha value is -3.20. The molecule has 0 spiro atoms. The molecule has 0 bridgehead atoms. The number of aromatic hydroxyl groups is 2. The van der Waals surface area contributed by atoms with E-state index in [2.05, 4.69) is 6.58 Å². The van der Waals surface area contributed by atoms with Crippen molar-refractivity contribution in [2.24, 2.45) is 11.8 Å². The lowest BCUT2D eigenvalue weighted by atomic mass is 9.76. The van der Waals surface area contributed by atoms with E-state index in [9.17, 15) is 40.2 Å². The van der Waals surface area contributed by atoms with Crippen LogP contribution < -0.4 is 0 Å². The molecule has 0 radical (unpaired) electrons. The predicted molar refractivity (Wildman–Crippen MR) is 135 cm³/mol. The fourth-order valence-electron chi connectivity index (χ4n) is 5.63. The van der Waals surface area contributed by atoms with Crippen molar-refractivity contribution in [3.05, 3.63) is 47.7 Å². The number of carbonyl (C=O) groups is 2. The second-order valence-corrected chi connectivity index (χ2v) is 10.1. The molecule has 13 heteroatoms. The number of benzene rings is 1. The first-order valence-electron chi connectivity index (χ1n) is 12.9. The van der Waals surface area contributed by atoms with Crippen LogP contribution in [-0.2, 0) is 35.0 Å². The largest absolute Gasteiger partial charge is 0.504 e. The number of fused-ring (bicyclic) bond motifs is 1. The summed E-state index contributed by atoms with van der Waals surface area (Å²) in [6.07, 6.45) is -5.67. The van der Waals surface area contributed by atoms with E-state index in [0.29, 0.717) is 18.5 Å². The number of hydrogen-bond donors (Lipinski definition) is 6. The quantitative estimate of drug-likeness (QED) is 0.142. The monoisotopic (exact) mass is 565 g/mol. The van der Waals surface area contributed by atoms with Gasteiger partial charge >= 0.3 is 5.97 Å². The van der Waals surface area contributed by atoms with Gasteiger partial charge in [0.15, 0.2) is 17.8 Å². The minimum atomic E-state index is -1.69. The Morgan fingerprint density at radius 2 is 1.82 bits per heavy atom. The molecule has 4 rings (SSSR count). The maximum absolute atomic E-state index is 12.8. The minimum absolute atomic E-state index is 0.125. The lowest BCUT2D eigenvalue weighted by molar-refractivity contribution is -0.339. The Morgan fingerprint density at radius 3 is 2.45 bits per heavy atom. The number of aliphatic hydroxyl groups excluding tert-OH is 4. The Kier molecular flexibility index (Phi) is 9.02. The third kappa shape index (κ3) is 5.53. The Labute approximate surface area is 230 Å². The van der Waals surface area contributed by atoms with E-state index in [-0.39, 0.29) is 29.4 Å². The van der Waals surface area contributed by atoms with E-state index in [1.807, 2.05) is 0 Å². The molecule has 0 aromatic heterocycles. The smallest absolute Gasteiger partial charge is 0.337 e. The number of phenols is 2. The highest BCUT2D eigenvalue weighted by atomic mass is 16.8. The summed E-state index contributed by atoms with van der Waals surface area (Å²) in [6, 6.07) is 2.22. The van der Waals surface area contributed by atoms with Crippen LogP contribution in [0.25, 0.3) is 0 Å². The highest BCUT2D eigenvalue weighted by Crippen LogP contribution is 2.45. The van der Waals surface area contributed by atoms with E-state index in [1.165, 1.54) is 32.2 Å². The average molecular weight is 566 g/mol. The van der Waals surface area contributed by atoms with E-state index in [0.717, 1.165) is 11.8 Å². The SMILES string of the molecule is C=C[C@@H]1[C@H](O[C@H]2O[C@@H](CO)[C@@H](O)[C@@H](O)[C@H]2O)OC=C(C(=O)OC)[C@H]1C[C@@H]1c2cc(O)c(O)cc2CCN1C(C)=O. The molecule has 6 N–H and O–H groups in total. The van der Waals surface area contributed by atoms with Gasteiger partial charge in [-0.2, -0.15) is 0 Å². The topological polar surface area (TPSA) is 196 Å². The van der Waals surface area contributed by atoms with Gasteiger partial charge in [-0.1, -0.05) is 6.08 Å². The highest BCUT2D eigenvalue weighted by Gasteiger charge is 2.48. The van der Waals surface area contributed by atoms with Crippen LogP contribution in [0.1, 0.15) is 30.5 Å². The highest BCUT2D eigenvalue weighted by molar-refractivity contribution is 5.89. The second-order valence-electron chi connectivity index (χ2n) is 10.1. The van der Waals surface area contributed by atoms with Crippen LogP contribution in [0.4, 0.5) is 0 Å². The zero-order valence-electron chi connectivity index (χ0n) is 22.1. The van der Waals surface area contributed by atoms with Crippen LogP contribution in [0.5, 0.6) is 11.5 Å². The van der Waals surface area contributed by atoms with Crippen LogP contribution >= 0.6 is 0 Å². The molecule has 3 heterocycles. The fraction of sp³-hybridized carbons (Fsp3) is 0.556. The van der Waals surface area contributed by atoms with Crippen LogP contribution in [0.2, 0.25) is 0 Å². The number of methoxy groups -OCH3 is 1. The van der Waals surface area contributed by atoms with Gasteiger partial charge in [0, 0.05) is 25.3 Å². The van der Waals surface area contributed by atoms with Crippen molar-refractivity contribution in [1.29, 1.82) is 0 Å². The molecular weight excluding hydrogens is 530 g/mol. The number of aliphatic hydroxyl groups is 4. The molecule has 1 amide bonds. The maximum atomic E-state index is 12.8. The molecule has 220 valence electrons. The molecule has 1 aromatic carbocycles. The van der Waals surface area contributed by atoms with Crippen molar-refractivity contribution in [2.45, 2.75) is 62.8 Å². The van der Waals surface area contributed by atoms with Crippen molar-refractivity contribution < 1.29 is 59.2 Å².